The summed E-state index contributed by atoms with van der Waals surface area (Å²) in [6, 6.07) is 18.3. The number of benzene rings is 2. The molecule has 1 nitrogen and oxygen atoms in total. The first-order valence-corrected chi connectivity index (χ1v) is 8.85. The molecule has 0 aliphatic carbocycles. The normalized spacial score (nSPS) is 11.3. The van der Waals surface area contributed by atoms with Gasteiger partial charge < -0.3 is 0 Å². The van der Waals surface area contributed by atoms with E-state index in [1.807, 2.05) is 30.3 Å². The van der Waals surface area contributed by atoms with Gasteiger partial charge in [0.2, 0.25) is 0 Å². The fraction of sp³-hybridized carbons (Fsp3) is 0.278. The Kier molecular flexibility index (Phi) is 4.80. The Bertz CT molecular complexity index is 565. The number of carbonyl (C=O) groups excluding carboxylic acids is 1. The van der Waals surface area contributed by atoms with Gasteiger partial charge in [0, 0.05) is 0 Å². The van der Waals surface area contributed by atoms with Gasteiger partial charge in [-0.25, -0.2) is 0 Å². The number of hydrogen-bond acceptors (Lipinski definition) is 1. The van der Waals surface area contributed by atoms with Gasteiger partial charge in [-0.3, -0.25) is 0 Å². The summed E-state index contributed by atoms with van der Waals surface area (Å²) in [5, 5.41) is 0.631. The van der Waals surface area contributed by atoms with E-state index < -0.39 is 0 Å². The molecular formula is C18H20OSe. The van der Waals surface area contributed by atoms with Crippen molar-refractivity contribution in [2.45, 2.75) is 31.5 Å². The Hall–Kier alpha value is -1.37. The fourth-order valence-electron chi connectivity index (χ4n) is 1.91. The van der Waals surface area contributed by atoms with Gasteiger partial charge in [-0.1, -0.05) is 0 Å². The van der Waals surface area contributed by atoms with Gasteiger partial charge in [-0.2, -0.15) is 0 Å². The van der Waals surface area contributed by atoms with Crippen LogP contribution in [0.2, 0.25) is 5.32 Å². The van der Waals surface area contributed by atoms with Gasteiger partial charge in [-0.15, -0.1) is 0 Å². The molecule has 0 aromatic heterocycles. The van der Waals surface area contributed by atoms with Crippen molar-refractivity contribution in [2.75, 3.05) is 0 Å². The van der Waals surface area contributed by atoms with Crippen LogP contribution in [0.1, 0.15) is 36.7 Å². The van der Waals surface area contributed by atoms with E-state index in [2.05, 4.69) is 45.0 Å². The van der Waals surface area contributed by atoms with Gasteiger partial charge >= 0.3 is 127 Å². The maximum atomic E-state index is 12.2. The first-order valence-electron chi connectivity index (χ1n) is 6.78. The Morgan fingerprint density at radius 2 is 1.55 bits per heavy atom. The molecule has 0 amide bonds. The van der Waals surface area contributed by atoms with Crippen molar-refractivity contribution in [2.24, 2.45) is 0 Å². The molecule has 0 unspecified atom stereocenters. The van der Waals surface area contributed by atoms with Crippen LogP contribution < -0.4 is 4.46 Å². The van der Waals surface area contributed by atoms with Crippen molar-refractivity contribution in [3.05, 3.63) is 65.7 Å². The van der Waals surface area contributed by atoms with Crippen LogP contribution in [-0.2, 0) is 5.41 Å². The van der Waals surface area contributed by atoms with E-state index >= 15 is 0 Å². The molecule has 0 N–H and O–H groups in total. The SMILES string of the molecule is CC(C)(C)c1ccc(C(=O)C[Se]c2ccccc2)cc1. The van der Waals surface area contributed by atoms with Gasteiger partial charge in [0.05, 0.1) is 0 Å². The molecule has 0 aliphatic heterocycles. The van der Waals surface area contributed by atoms with E-state index in [-0.39, 0.29) is 26.2 Å². The molecule has 2 aromatic carbocycles. The number of hydrogen-bond donors (Lipinski definition) is 0. The summed E-state index contributed by atoms with van der Waals surface area (Å²) in [5.41, 5.74) is 2.23. The second-order valence-corrected chi connectivity index (χ2v) is 8.05. The summed E-state index contributed by atoms with van der Waals surface area (Å²) in [6.45, 7) is 6.55. The second-order valence-electron chi connectivity index (χ2n) is 5.85. The first kappa shape index (κ1) is 15.0. The predicted molar refractivity (Wildman–Crippen MR) is 86.1 cm³/mol. The van der Waals surface area contributed by atoms with E-state index in [1.165, 1.54) is 10.0 Å². The van der Waals surface area contributed by atoms with Crippen molar-refractivity contribution in [1.82, 2.24) is 0 Å². The van der Waals surface area contributed by atoms with Crippen molar-refractivity contribution in [3.63, 3.8) is 0 Å². The van der Waals surface area contributed by atoms with Crippen LogP contribution in [-0.4, -0.2) is 20.7 Å². The van der Waals surface area contributed by atoms with Crippen LogP contribution in [0.25, 0.3) is 0 Å². The third-order valence-corrected chi connectivity index (χ3v) is 5.31. The maximum absolute atomic E-state index is 12.2. The molecule has 20 heavy (non-hydrogen) atoms. The molecule has 0 saturated heterocycles. The molecule has 104 valence electrons. The predicted octanol–water partition coefficient (Wildman–Crippen LogP) is 3.61. The average Bonchev–Trinajstić information content (AvgIpc) is 2.45. The average molecular weight is 331 g/mol. The zero-order valence-electron chi connectivity index (χ0n) is 12.2. The van der Waals surface area contributed by atoms with Crippen molar-refractivity contribution in [3.8, 4) is 0 Å². The van der Waals surface area contributed by atoms with E-state index in [0.717, 1.165) is 5.56 Å². The molecular weight excluding hydrogens is 311 g/mol. The summed E-state index contributed by atoms with van der Waals surface area (Å²) < 4.78 is 1.28. The number of rotatable bonds is 4. The van der Waals surface area contributed by atoms with E-state index in [0.29, 0.717) is 5.32 Å². The van der Waals surface area contributed by atoms with Crippen molar-refractivity contribution in [1.29, 1.82) is 0 Å². The second kappa shape index (κ2) is 6.39. The van der Waals surface area contributed by atoms with Crippen LogP contribution in [0, 0.1) is 0 Å². The van der Waals surface area contributed by atoms with Gasteiger partial charge in [0.1, 0.15) is 0 Å². The minimum absolute atomic E-state index is 0.134. The standard InChI is InChI=1S/C18H20OSe/c1-18(2,3)15-11-9-14(10-12-15)17(19)13-20-16-7-5-4-6-8-16/h4-12H,13H2,1-3H3. The number of carbonyl (C=O) groups is 1. The number of ketones is 1. The van der Waals surface area contributed by atoms with E-state index in [4.69, 9.17) is 0 Å². The van der Waals surface area contributed by atoms with Gasteiger partial charge in [-0.05, 0) is 0 Å². The number of Topliss-reactive ketones (excluding diaryl/α,β-unsaturated/α-hetero) is 1. The molecule has 0 atom stereocenters. The molecule has 0 aliphatic rings. The Labute approximate surface area is 127 Å². The third-order valence-electron chi connectivity index (χ3n) is 3.19. The Morgan fingerprint density at radius 1 is 0.950 bits per heavy atom. The van der Waals surface area contributed by atoms with Crippen molar-refractivity contribution < 1.29 is 4.79 Å². The summed E-state index contributed by atoms with van der Waals surface area (Å²) >= 11 is 0.223. The topological polar surface area (TPSA) is 17.1 Å². The Balaban J connectivity index is 1.99. The van der Waals surface area contributed by atoms with Crippen LogP contribution in [0.5, 0.6) is 0 Å². The monoisotopic (exact) mass is 332 g/mol. The van der Waals surface area contributed by atoms with Gasteiger partial charge in [0.25, 0.3) is 0 Å². The molecule has 0 fully saturated rings. The van der Waals surface area contributed by atoms with Gasteiger partial charge in [0.15, 0.2) is 0 Å². The zero-order chi connectivity index (χ0) is 14.6. The fourth-order valence-corrected chi connectivity index (χ4v) is 3.61. The molecule has 2 aromatic rings. The molecule has 0 saturated carbocycles. The molecule has 2 rings (SSSR count). The first-order chi connectivity index (χ1) is 9.47. The van der Waals surface area contributed by atoms with Crippen LogP contribution in [0.15, 0.2) is 54.6 Å². The summed E-state index contributed by atoms with van der Waals surface area (Å²) in [7, 11) is 0. The quantitative estimate of drug-likeness (QED) is 0.618. The van der Waals surface area contributed by atoms with Crippen molar-refractivity contribution >= 4 is 25.2 Å². The van der Waals surface area contributed by atoms with E-state index in [9.17, 15) is 4.79 Å². The zero-order valence-corrected chi connectivity index (χ0v) is 13.9. The van der Waals surface area contributed by atoms with Crippen LogP contribution in [0.4, 0.5) is 0 Å². The van der Waals surface area contributed by atoms with Crippen LogP contribution >= 0.6 is 0 Å². The summed E-state index contributed by atoms with van der Waals surface area (Å²) in [4.78, 5) is 12.2. The molecule has 2 heteroatoms. The third kappa shape index (κ3) is 4.06. The summed E-state index contributed by atoms with van der Waals surface area (Å²) in [5.74, 6) is 0.245. The Morgan fingerprint density at radius 3 is 2.10 bits per heavy atom. The minimum atomic E-state index is 0.134. The molecule has 0 heterocycles. The molecule has 0 spiro atoms. The molecule has 0 bridgehead atoms. The summed E-state index contributed by atoms with van der Waals surface area (Å²) in [6.07, 6.45) is 0. The van der Waals surface area contributed by atoms with E-state index in [1.54, 1.807) is 0 Å². The van der Waals surface area contributed by atoms with Crippen LogP contribution in [0.3, 0.4) is 0 Å². The molecule has 0 radical (unpaired) electrons.